The Bertz CT molecular complexity index is 1010. The zero-order valence-corrected chi connectivity index (χ0v) is 17.5. The third kappa shape index (κ3) is 4.23. The van der Waals surface area contributed by atoms with Gasteiger partial charge in [0.1, 0.15) is 17.3 Å². The quantitative estimate of drug-likeness (QED) is 0.647. The van der Waals surface area contributed by atoms with Gasteiger partial charge in [0.05, 0.1) is 13.3 Å². The molecule has 0 saturated carbocycles. The molecule has 2 aromatic heterocycles. The van der Waals surface area contributed by atoms with Gasteiger partial charge in [-0.1, -0.05) is 19.1 Å². The predicted octanol–water partition coefficient (Wildman–Crippen LogP) is 2.37. The number of piperazine rings is 1. The maximum Gasteiger partial charge on any atom is 0.224 e. The molecule has 1 aliphatic heterocycles. The van der Waals surface area contributed by atoms with Crippen LogP contribution in [0.2, 0.25) is 0 Å². The molecule has 30 heavy (non-hydrogen) atoms. The van der Waals surface area contributed by atoms with Gasteiger partial charge < -0.3 is 19.9 Å². The number of anilines is 1. The van der Waals surface area contributed by atoms with E-state index in [2.05, 4.69) is 22.1 Å². The van der Waals surface area contributed by atoms with E-state index >= 15 is 0 Å². The van der Waals surface area contributed by atoms with Crippen LogP contribution in [-0.4, -0.2) is 76.5 Å². The molecule has 1 N–H and O–H groups in total. The van der Waals surface area contributed by atoms with Gasteiger partial charge >= 0.3 is 0 Å². The fraction of sp³-hybridized carbons (Fsp3) is 0.409. The first-order chi connectivity index (χ1) is 14.7. The fourth-order valence-corrected chi connectivity index (χ4v) is 3.81. The van der Waals surface area contributed by atoms with E-state index in [1.807, 2.05) is 39.8 Å². The summed E-state index contributed by atoms with van der Waals surface area (Å²) < 4.78 is 7.33. The smallest absolute Gasteiger partial charge is 0.224 e. The number of amides is 1. The second kappa shape index (κ2) is 9.13. The fourth-order valence-electron chi connectivity index (χ4n) is 3.81. The number of fused-ring (bicyclic) bond motifs is 1. The molecule has 0 spiro atoms. The Hall–Kier alpha value is -3.13. The minimum Gasteiger partial charge on any atom is -0.497 e. The van der Waals surface area contributed by atoms with Gasteiger partial charge in [-0.05, 0) is 18.7 Å². The van der Waals surface area contributed by atoms with Crippen LogP contribution in [0.3, 0.4) is 0 Å². The molecule has 0 atom stereocenters. The molecule has 1 fully saturated rings. The molecule has 8 nitrogen and oxygen atoms in total. The molecule has 1 aromatic carbocycles. The molecule has 0 unspecified atom stereocenters. The topological polar surface area (TPSA) is 75.0 Å². The van der Waals surface area contributed by atoms with Gasteiger partial charge in [0.2, 0.25) is 5.91 Å². The number of benzene rings is 1. The summed E-state index contributed by atoms with van der Waals surface area (Å²) in [5, 5.41) is 3.44. The van der Waals surface area contributed by atoms with Gasteiger partial charge in [-0.25, -0.2) is 4.98 Å². The Morgan fingerprint density at radius 2 is 2.07 bits per heavy atom. The number of likely N-dealkylation sites (N-methyl/N-ethyl adjacent to an activating group) is 1. The molecule has 0 bridgehead atoms. The second-order valence-electron chi connectivity index (χ2n) is 7.34. The minimum atomic E-state index is 0.191. The molecular weight excluding hydrogens is 380 g/mol. The van der Waals surface area contributed by atoms with Gasteiger partial charge in [-0.15, -0.1) is 0 Å². The van der Waals surface area contributed by atoms with Crippen LogP contribution in [-0.2, 0) is 4.79 Å². The summed E-state index contributed by atoms with van der Waals surface area (Å²) >= 11 is 0. The molecule has 158 valence electrons. The molecule has 3 heterocycles. The highest BCUT2D eigenvalue weighted by Crippen LogP contribution is 2.30. The van der Waals surface area contributed by atoms with Crippen LogP contribution in [0, 0.1) is 0 Å². The summed E-state index contributed by atoms with van der Waals surface area (Å²) in [6.45, 7) is 7.27. The molecule has 3 aromatic rings. The SMILES string of the molecule is CCN1CCN(C(=O)CCNc2c(-c3cccc(OC)c3)nc3cnccn23)CC1. The molecule has 4 rings (SSSR count). The van der Waals surface area contributed by atoms with E-state index in [1.54, 1.807) is 19.5 Å². The van der Waals surface area contributed by atoms with E-state index in [1.165, 1.54) is 0 Å². The summed E-state index contributed by atoms with van der Waals surface area (Å²) in [5.41, 5.74) is 2.51. The Morgan fingerprint density at radius 1 is 1.23 bits per heavy atom. The second-order valence-corrected chi connectivity index (χ2v) is 7.34. The summed E-state index contributed by atoms with van der Waals surface area (Å²) in [6, 6.07) is 7.81. The van der Waals surface area contributed by atoms with Crippen LogP contribution in [0.25, 0.3) is 16.9 Å². The maximum absolute atomic E-state index is 12.6. The molecule has 0 aliphatic carbocycles. The van der Waals surface area contributed by atoms with Gasteiger partial charge in [-0.3, -0.25) is 14.2 Å². The number of hydrogen-bond acceptors (Lipinski definition) is 6. The highest BCUT2D eigenvalue weighted by Gasteiger charge is 2.20. The average molecular weight is 409 g/mol. The number of hydrogen-bond donors (Lipinski definition) is 1. The first-order valence-corrected chi connectivity index (χ1v) is 10.4. The van der Waals surface area contributed by atoms with E-state index < -0.39 is 0 Å². The van der Waals surface area contributed by atoms with Crippen molar-refractivity contribution in [2.24, 2.45) is 0 Å². The molecule has 1 aliphatic rings. The molecule has 1 saturated heterocycles. The monoisotopic (exact) mass is 408 g/mol. The number of ether oxygens (including phenoxy) is 1. The number of carbonyl (C=O) groups excluding carboxylic acids is 1. The van der Waals surface area contributed by atoms with Crippen molar-refractivity contribution in [3.63, 3.8) is 0 Å². The van der Waals surface area contributed by atoms with Crippen molar-refractivity contribution in [1.29, 1.82) is 0 Å². The van der Waals surface area contributed by atoms with E-state index in [9.17, 15) is 4.79 Å². The van der Waals surface area contributed by atoms with Crippen LogP contribution in [0.5, 0.6) is 5.75 Å². The zero-order chi connectivity index (χ0) is 20.9. The van der Waals surface area contributed by atoms with Crippen molar-refractivity contribution < 1.29 is 9.53 Å². The third-order valence-electron chi connectivity index (χ3n) is 5.58. The highest BCUT2D eigenvalue weighted by atomic mass is 16.5. The van der Waals surface area contributed by atoms with Gasteiger partial charge in [0.25, 0.3) is 0 Å². The number of imidazole rings is 1. The summed E-state index contributed by atoms with van der Waals surface area (Å²) in [5.74, 6) is 1.82. The van der Waals surface area contributed by atoms with Crippen LogP contribution >= 0.6 is 0 Å². The van der Waals surface area contributed by atoms with Gasteiger partial charge in [-0.2, -0.15) is 0 Å². The van der Waals surface area contributed by atoms with Crippen LogP contribution < -0.4 is 10.1 Å². The molecular formula is C22H28N6O2. The van der Waals surface area contributed by atoms with Crippen LogP contribution in [0.1, 0.15) is 13.3 Å². The van der Waals surface area contributed by atoms with Crippen molar-refractivity contribution in [1.82, 2.24) is 24.2 Å². The van der Waals surface area contributed by atoms with Crippen molar-refractivity contribution in [3.8, 4) is 17.0 Å². The third-order valence-corrected chi connectivity index (χ3v) is 5.58. The lowest BCUT2D eigenvalue weighted by Crippen LogP contribution is -2.48. The lowest BCUT2D eigenvalue weighted by Gasteiger charge is -2.34. The van der Waals surface area contributed by atoms with Crippen molar-refractivity contribution >= 4 is 17.4 Å². The Labute approximate surface area is 176 Å². The van der Waals surface area contributed by atoms with Crippen molar-refractivity contribution in [2.45, 2.75) is 13.3 Å². The Morgan fingerprint density at radius 3 is 2.83 bits per heavy atom. The van der Waals surface area contributed by atoms with Crippen LogP contribution in [0.4, 0.5) is 5.82 Å². The normalized spacial score (nSPS) is 14.8. The van der Waals surface area contributed by atoms with Crippen molar-refractivity contribution in [2.75, 3.05) is 51.7 Å². The lowest BCUT2D eigenvalue weighted by atomic mass is 10.1. The number of carbonyl (C=O) groups is 1. The Kier molecular flexibility index (Phi) is 6.13. The number of nitrogens with zero attached hydrogens (tertiary/aromatic N) is 5. The average Bonchev–Trinajstić information content (AvgIpc) is 3.18. The predicted molar refractivity (Wildman–Crippen MR) is 117 cm³/mol. The number of rotatable bonds is 7. The number of aromatic nitrogens is 3. The minimum absolute atomic E-state index is 0.191. The Balaban J connectivity index is 1.49. The summed E-state index contributed by atoms with van der Waals surface area (Å²) in [6.07, 6.45) is 5.78. The van der Waals surface area contributed by atoms with Gasteiger partial charge in [0, 0.05) is 57.1 Å². The first kappa shape index (κ1) is 20.2. The molecule has 0 radical (unpaired) electrons. The first-order valence-electron chi connectivity index (χ1n) is 10.4. The number of nitrogens with one attached hydrogen (secondary N) is 1. The van der Waals surface area contributed by atoms with Crippen molar-refractivity contribution in [3.05, 3.63) is 42.9 Å². The largest absolute Gasteiger partial charge is 0.497 e. The van der Waals surface area contributed by atoms with E-state index in [0.717, 1.165) is 61.2 Å². The van der Waals surface area contributed by atoms with Gasteiger partial charge in [0.15, 0.2) is 5.65 Å². The zero-order valence-electron chi connectivity index (χ0n) is 17.5. The lowest BCUT2D eigenvalue weighted by molar-refractivity contribution is -0.132. The van der Waals surface area contributed by atoms with Crippen LogP contribution in [0.15, 0.2) is 42.9 Å². The number of methoxy groups -OCH3 is 1. The molecule has 8 heteroatoms. The molecule has 1 amide bonds. The standard InChI is InChI=1S/C22H28N6O2/c1-3-26-11-13-27(14-12-26)20(29)7-8-24-22-21(17-5-4-6-18(15-17)30-2)25-19-16-23-9-10-28(19)22/h4-6,9-10,15-16,24H,3,7-8,11-14H2,1-2H3. The van der Waals surface area contributed by atoms with E-state index in [4.69, 9.17) is 9.72 Å². The maximum atomic E-state index is 12.6. The highest BCUT2D eigenvalue weighted by molar-refractivity contribution is 5.79. The van der Waals surface area contributed by atoms with E-state index in [-0.39, 0.29) is 5.91 Å². The summed E-state index contributed by atoms with van der Waals surface area (Å²) in [4.78, 5) is 25.9. The van der Waals surface area contributed by atoms with E-state index in [0.29, 0.717) is 13.0 Å². The summed E-state index contributed by atoms with van der Waals surface area (Å²) in [7, 11) is 1.65.